The number of nitriles is 1. The molecule has 30 heavy (non-hydrogen) atoms. The van der Waals surface area contributed by atoms with Crippen molar-refractivity contribution in [1.29, 1.82) is 5.26 Å². The summed E-state index contributed by atoms with van der Waals surface area (Å²) in [5, 5.41) is 9.23. The number of anilines is 1. The van der Waals surface area contributed by atoms with E-state index in [0.717, 1.165) is 47.4 Å². The van der Waals surface area contributed by atoms with E-state index in [1.165, 1.54) is 0 Å². The zero-order chi connectivity index (χ0) is 20.9. The molecule has 1 aliphatic carbocycles. The number of fused-ring (bicyclic) bond motifs is 2. The van der Waals surface area contributed by atoms with Gasteiger partial charge < -0.3 is 9.80 Å². The molecule has 2 amide bonds. The summed E-state index contributed by atoms with van der Waals surface area (Å²) in [4.78, 5) is 29.9. The molecule has 0 unspecified atom stereocenters. The Morgan fingerprint density at radius 3 is 2.83 bits per heavy atom. The highest BCUT2D eigenvalue weighted by Crippen LogP contribution is 2.55. The summed E-state index contributed by atoms with van der Waals surface area (Å²) in [5.41, 5.74) is 4.37. The van der Waals surface area contributed by atoms with Gasteiger partial charge in [-0.2, -0.15) is 5.26 Å². The summed E-state index contributed by atoms with van der Waals surface area (Å²) in [5.74, 6) is 0.902. The smallest absolute Gasteiger partial charge is 0.268 e. The Hall–Kier alpha value is -2.78. The lowest BCUT2D eigenvalue weighted by Crippen LogP contribution is -2.52. The first-order valence-corrected chi connectivity index (χ1v) is 11.4. The van der Waals surface area contributed by atoms with E-state index in [1.54, 1.807) is 22.7 Å². The largest absolute Gasteiger partial charge is 0.315 e. The van der Waals surface area contributed by atoms with Crippen molar-refractivity contribution in [2.45, 2.75) is 37.6 Å². The second-order valence-electron chi connectivity index (χ2n) is 8.33. The Kier molecular flexibility index (Phi) is 4.59. The first-order valence-electron chi connectivity index (χ1n) is 10.4. The molecule has 2 aromatic rings. The van der Waals surface area contributed by atoms with Crippen molar-refractivity contribution in [1.82, 2.24) is 4.90 Å². The molecule has 152 valence electrons. The molecular formula is C24H23N3O2S. The lowest BCUT2D eigenvalue weighted by atomic mass is 9.84. The third kappa shape index (κ3) is 2.76. The van der Waals surface area contributed by atoms with Crippen LogP contribution in [0, 0.1) is 24.2 Å². The first kappa shape index (κ1) is 19.2. The van der Waals surface area contributed by atoms with Crippen LogP contribution in [0.5, 0.6) is 0 Å². The Labute approximate surface area is 180 Å². The minimum atomic E-state index is -0.957. The van der Waals surface area contributed by atoms with Crippen molar-refractivity contribution in [3.8, 4) is 6.07 Å². The average Bonchev–Trinajstić information content (AvgIpc) is 3.24. The van der Waals surface area contributed by atoms with E-state index in [1.807, 2.05) is 42.2 Å². The normalized spacial score (nSPS) is 22.9. The van der Waals surface area contributed by atoms with Gasteiger partial charge in [0.1, 0.15) is 0 Å². The topological polar surface area (TPSA) is 64.4 Å². The molecule has 5 rings (SSSR count). The molecule has 1 saturated heterocycles. The number of nitrogens with zero attached hydrogens (tertiary/aromatic N) is 3. The number of hydrogen-bond donors (Lipinski definition) is 0. The quantitative estimate of drug-likeness (QED) is 0.759. The van der Waals surface area contributed by atoms with Crippen molar-refractivity contribution in [3.63, 3.8) is 0 Å². The molecule has 1 saturated carbocycles. The number of thioether (sulfide) groups is 1. The molecule has 1 atom stereocenters. The monoisotopic (exact) mass is 417 g/mol. The third-order valence-electron chi connectivity index (χ3n) is 6.47. The van der Waals surface area contributed by atoms with Crippen LogP contribution in [0.1, 0.15) is 41.5 Å². The maximum absolute atomic E-state index is 13.9. The summed E-state index contributed by atoms with van der Waals surface area (Å²) >= 11 is 1.58. The number of aryl methyl sites for hydroxylation is 1. The maximum atomic E-state index is 13.9. The van der Waals surface area contributed by atoms with Crippen LogP contribution in [0.2, 0.25) is 0 Å². The molecule has 2 aliphatic heterocycles. The SMILES string of the molecule is Cc1ccc2c(c1)[C@]1(SCCN1C(=O)C1CCC1)C(=O)N2Cc1cccc(C#N)c1. The molecule has 2 heterocycles. The van der Waals surface area contributed by atoms with Gasteiger partial charge in [-0.15, -0.1) is 11.8 Å². The van der Waals surface area contributed by atoms with Crippen molar-refractivity contribution in [3.05, 3.63) is 64.7 Å². The molecule has 3 aliphatic rings. The number of rotatable bonds is 3. The van der Waals surface area contributed by atoms with Crippen molar-refractivity contribution < 1.29 is 9.59 Å². The van der Waals surface area contributed by atoms with E-state index in [0.29, 0.717) is 18.7 Å². The molecule has 2 aromatic carbocycles. The summed E-state index contributed by atoms with van der Waals surface area (Å²) in [6, 6.07) is 15.6. The van der Waals surface area contributed by atoms with Gasteiger partial charge >= 0.3 is 0 Å². The summed E-state index contributed by atoms with van der Waals surface area (Å²) in [7, 11) is 0. The number of amides is 2. The van der Waals surface area contributed by atoms with Crippen LogP contribution < -0.4 is 4.90 Å². The zero-order valence-corrected chi connectivity index (χ0v) is 17.7. The van der Waals surface area contributed by atoms with Crippen molar-refractivity contribution in [2.24, 2.45) is 5.92 Å². The minimum Gasteiger partial charge on any atom is -0.315 e. The molecule has 5 nitrogen and oxygen atoms in total. The van der Waals surface area contributed by atoms with Crippen LogP contribution in [0.25, 0.3) is 0 Å². The van der Waals surface area contributed by atoms with E-state index in [9.17, 15) is 14.9 Å². The standard InChI is InChI=1S/C24H23N3O2S/c1-16-8-9-21-20(12-16)24(27(10-11-30-24)22(28)19-6-3-7-19)23(29)26(21)15-18-5-2-4-17(13-18)14-25/h2,4-5,8-9,12-13,19H,3,6-7,10-11,15H2,1H3/t24-/m0/s1. The van der Waals surface area contributed by atoms with Crippen LogP contribution >= 0.6 is 11.8 Å². The van der Waals surface area contributed by atoms with Gasteiger partial charge in [0.05, 0.1) is 23.9 Å². The lowest BCUT2D eigenvalue weighted by Gasteiger charge is -2.37. The number of carbonyl (C=O) groups excluding carboxylic acids is 2. The van der Waals surface area contributed by atoms with Gasteiger partial charge in [-0.25, -0.2) is 0 Å². The second kappa shape index (κ2) is 7.17. The Bertz CT molecular complexity index is 1090. The zero-order valence-electron chi connectivity index (χ0n) is 16.9. The van der Waals surface area contributed by atoms with E-state index >= 15 is 0 Å². The van der Waals surface area contributed by atoms with Gasteiger partial charge in [0.25, 0.3) is 5.91 Å². The number of carbonyl (C=O) groups is 2. The Morgan fingerprint density at radius 1 is 1.27 bits per heavy atom. The van der Waals surface area contributed by atoms with Crippen LogP contribution in [-0.4, -0.2) is 29.0 Å². The Balaban J connectivity index is 1.58. The van der Waals surface area contributed by atoms with Gasteiger partial charge in [0, 0.05) is 23.8 Å². The highest BCUT2D eigenvalue weighted by atomic mass is 32.2. The minimum absolute atomic E-state index is 0.0411. The number of benzene rings is 2. The summed E-state index contributed by atoms with van der Waals surface area (Å²) in [6.45, 7) is 3.02. The van der Waals surface area contributed by atoms with Crippen LogP contribution in [0.3, 0.4) is 0 Å². The van der Waals surface area contributed by atoms with Crippen LogP contribution in [-0.2, 0) is 21.0 Å². The predicted octanol–water partition coefficient (Wildman–Crippen LogP) is 3.94. The molecule has 1 spiro atoms. The van der Waals surface area contributed by atoms with Gasteiger partial charge in [-0.1, -0.05) is 36.2 Å². The van der Waals surface area contributed by atoms with Crippen LogP contribution in [0.4, 0.5) is 5.69 Å². The molecular weight excluding hydrogens is 394 g/mol. The van der Waals surface area contributed by atoms with E-state index in [2.05, 4.69) is 12.1 Å². The Morgan fingerprint density at radius 2 is 2.10 bits per heavy atom. The maximum Gasteiger partial charge on any atom is 0.268 e. The molecule has 0 N–H and O–H groups in total. The predicted molar refractivity (Wildman–Crippen MR) is 117 cm³/mol. The fourth-order valence-electron chi connectivity index (χ4n) is 4.70. The van der Waals surface area contributed by atoms with Gasteiger partial charge in [-0.3, -0.25) is 9.59 Å². The average molecular weight is 418 g/mol. The lowest BCUT2D eigenvalue weighted by molar-refractivity contribution is -0.145. The van der Waals surface area contributed by atoms with Gasteiger partial charge in [0.2, 0.25) is 5.91 Å². The highest BCUT2D eigenvalue weighted by Gasteiger charge is 2.60. The highest BCUT2D eigenvalue weighted by molar-refractivity contribution is 8.01. The fraction of sp³-hybridized carbons (Fsp3) is 0.375. The van der Waals surface area contributed by atoms with Gasteiger partial charge in [0.15, 0.2) is 4.87 Å². The van der Waals surface area contributed by atoms with E-state index < -0.39 is 4.87 Å². The van der Waals surface area contributed by atoms with Crippen molar-refractivity contribution >= 4 is 29.3 Å². The van der Waals surface area contributed by atoms with E-state index in [4.69, 9.17) is 0 Å². The summed E-state index contributed by atoms with van der Waals surface area (Å²) in [6.07, 6.45) is 2.95. The van der Waals surface area contributed by atoms with Gasteiger partial charge in [-0.05, 0) is 43.5 Å². The second-order valence-corrected chi connectivity index (χ2v) is 9.62. The number of hydrogen-bond acceptors (Lipinski definition) is 4. The van der Waals surface area contributed by atoms with Crippen molar-refractivity contribution in [2.75, 3.05) is 17.2 Å². The molecule has 0 radical (unpaired) electrons. The first-order chi connectivity index (χ1) is 14.5. The van der Waals surface area contributed by atoms with E-state index in [-0.39, 0.29) is 17.7 Å². The molecule has 0 bridgehead atoms. The summed E-state index contributed by atoms with van der Waals surface area (Å²) < 4.78 is 0. The molecule has 6 heteroatoms. The third-order valence-corrected chi connectivity index (χ3v) is 7.89. The molecule has 2 fully saturated rings. The fourth-order valence-corrected chi connectivity index (χ4v) is 6.16. The van der Waals surface area contributed by atoms with Crippen LogP contribution in [0.15, 0.2) is 42.5 Å². The molecule has 0 aromatic heterocycles.